The van der Waals surface area contributed by atoms with Crippen molar-refractivity contribution in [2.75, 3.05) is 25.9 Å². The smallest absolute Gasteiger partial charge is 0.223 e. The summed E-state index contributed by atoms with van der Waals surface area (Å²) in [4.78, 5) is 13.2. The van der Waals surface area contributed by atoms with Gasteiger partial charge in [0.2, 0.25) is 5.91 Å². The van der Waals surface area contributed by atoms with Gasteiger partial charge >= 0.3 is 0 Å². The van der Waals surface area contributed by atoms with Crippen LogP contribution < -0.4 is 5.73 Å². The maximum atomic E-state index is 11.9. The van der Waals surface area contributed by atoms with Gasteiger partial charge in [-0.05, 0) is 24.4 Å². The third kappa shape index (κ3) is 4.40. The lowest BCUT2D eigenvalue weighted by Crippen LogP contribution is -2.30. The molecule has 7 heteroatoms. The molecule has 1 heterocycles. The number of carbonyl (C=O) groups is 1. The second-order valence-electron chi connectivity index (χ2n) is 3.96. The van der Waals surface area contributed by atoms with E-state index < -0.39 is 9.84 Å². The van der Waals surface area contributed by atoms with E-state index in [2.05, 4.69) is 0 Å². The monoisotopic (exact) mass is 290 g/mol. The van der Waals surface area contributed by atoms with Gasteiger partial charge in [-0.2, -0.15) is 0 Å². The van der Waals surface area contributed by atoms with E-state index in [1.54, 1.807) is 24.6 Å². The van der Waals surface area contributed by atoms with Crippen LogP contribution in [0.3, 0.4) is 0 Å². The van der Waals surface area contributed by atoms with E-state index in [-0.39, 0.29) is 18.1 Å². The lowest BCUT2D eigenvalue weighted by atomic mass is 10.3. The molecular weight excluding hydrogens is 272 g/mol. The molecule has 2 N–H and O–H groups in total. The van der Waals surface area contributed by atoms with Crippen LogP contribution in [0.2, 0.25) is 0 Å². The Kier molecular flexibility index (Phi) is 5.77. The van der Waals surface area contributed by atoms with Crippen molar-refractivity contribution in [1.82, 2.24) is 4.90 Å². The fraction of sp³-hybridized carbons (Fsp3) is 0.545. The van der Waals surface area contributed by atoms with Crippen LogP contribution in [0, 0.1) is 0 Å². The minimum absolute atomic E-state index is 0.0152. The normalized spacial score (nSPS) is 11.4. The molecule has 0 aliphatic rings. The maximum absolute atomic E-state index is 11.9. The van der Waals surface area contributed by atoms with Gasteiger partial charge in [0.15, 0.2) is 9.84 Å². The molecule has 1 amide bonds. The average Bonchev–Trinajstić information content (AvgIpc) is 2.87. The fourth-order valence-corrected chi connectivity index (χ4v) is 3.79. The zero-order chi connectivity index (χ0) is 13.6. The molecule has 0 spiro atoms. The SMILES string of the molecule is CN(CCCN)C(=O)CCS(=O)(=O)c1cccs1. The molecule has 0 atom stereocenters. The molecule has 0 saturated carbocycles. The van der Waals surface area contributed by atoms with Crippen molar-refractivity contribution in [3.05, 3.63) is 17.5 Å². The molecule has 1 aromatic heterocycles. The number of rotatable bonds is 7. The number of sulfone groups is 1. The highest BCUT2D eigenvalue weighted by Gasteiger charge is 2.18. The number of thiophene rings is 1. The first kappa shape index (κ1) is 15.1. The Labute approximate surface area is 112 Å². The summed E-state index contributed by atoms with van der Waals surface area (Å²) in [5, 5.41) is 1.71. The quantitative estimate of drug-likeness (QED) is 0.802. The number of nitrogens with zero attached hydrogens (tertiary/aromatic N) is 1. The first-order chi connectivity index (χ1) is 8.47. The summed E-state index contributed by atoms with van der Waals surface area (Å²) in [5.74, 6) is -0.303. The second-order valence-corrected chi connectivity index (χ2v) is 7.24. The molecule has 0 bridgehead atoms. The summed E-state index contributed by atoms with van der Waals surface area (Å²) in [5.41, 5.74) is 5.35. The fourth-order valence-electron chi connectivity index (χ4n) is 1.41. The topological polar surface area (TPSA) is 80.5 Å². The Morgan fingerprint density at radius 3 is 2.78 bits per heavy atom. The van der Waals surface area contributed by atoms with E-state index in [1.165, 1.54) is 16.2 Å². The Morgan fingerprint density at radius 2 is 2.22 bits per heavy atom. The van der Waals surface area contributed by atoms with Gasteiger partial charge in [-0.1, -0.05) is 6.07 Å². The highest BCUT2D eigenvalue weighted by atomic mass is 32.2. The Balaban J connectivity index is 2.48. The molecule has 0 fully saturated rings. The van der Waals surface area contributed by atoms with Crippen LogP contribution in [-0.2, 0) is 14.6 Å². The first-order valence-corrected chi connectivity index (χ1v) is 8.21. The average molecular weight is 290 g/mol. The van der Waals surface area contributed by atoms with Crippen molar-refractivity contribution >= 4 is 27.1 Å². The first-order valence-electron chi connectivity index (χ1n) is 5.67. The Bertz CT molecular complexity index is 468. The summed E-state index contributed by atoms with van der Waals surface area (Å²) in [6.07, 6.45) is 0.737. The largest absolute Gasteiger partial charge is 0.346 e. The molecule has 0 saturated heterocycles. The predicted molar refractivity (Wildman–Crippen MR) is 72.3 cm³/mol. The van der Waals surface area contributed by atoms with E-state index in [0.29, 0.717) is 17.3 Å². The molecule has 1 rings (SSSR count). The van der Waals surface area contributed by atoms with Crippen LogP contribution in [0.4, 0.5) is 0 Å². The van der Waals surface area contributed by atoms with Gasteiger partial charge in [-0.3, -0.25) is 4.79 Å². The van der Waals surface area contributed by atoms with Crippen molar-refractivity contribution in [1.29, 1.82) is 0 Å². The van der Waals surface area contributed by atoms with Gasteiger partial charge in [-0.25, -0.2) is 8.42 Å². The summed E-state index contributed by atoms with van der Waals surface area (Å²) in [7, 11) is -1.66. The van der Waals surface area contributed by atoms with Crippen molar-refractivity contribution in [2.24, 2.45) is 5.73 Å². The molecule has 0 radical (unpaired) electrons. The minimum Gasteiger partial charge on any atom is -0.346 e. The highest BCUT2D eigenvalue weighted by Crippen LogP contribution is 2.18. The van der Waals surface area contributed by atoms with Crippen molar-refractivity contribution < 1.29 is 13.2 Å². The standard InChI is InChI=1S/C11H18N2O3S2/c1-13(7-3-6-12)10(14)5-9-18(15,16)11-4-2-8-17-11/h2,4,8H,3,5-7,9,12H2,1H3. The van der Waals surface area contributed by atoms with Gasteiger partial charge < -0.3 is 10.6 Å². The van der Waals surface area contributed by atoms with Gasteiger partial charge in [-0.15, -0.1) is 11.3 Å². The van der Waals surface area contributed by atoms with E-state index in [4.69, 9.17) is 5.73 Å². The molecule has 18 heavy (non-hydrogen) atoms. The predicted octanol–water partition coefficient (Wildman–Crippen LogP) is 0.719. The number of amides is 1. The minimum atomic E-state index is -3.32. The molecule has 102 valence electrons. The number of hydrogen-bond donors (Lipinski definition) is 1. The van der Waals surface area contributed by atoms with E-state index in [0.717, 1.165) is 6.42 Å². The van der Waals surface area contributed by atoms with Gasteiger partial charge in [0.25, 0.3) is 0 Å². The van der Waals surface area contributed by atoms with Crippen LogP contribution >= 0.6 is 11.3 Å². The second kappa shape index (κ2) is 6.86. The highest BCUT2D eigenvalue weighted by molar-refractivity contribution is 7.93. The molecular formula is C11H18N2O3S2. The van der Waals surface area contributed by atoms with Crippen LogP contribution in [0.25, 0.3) is 0 Å². The van der Waals surface area contributed by atoms with Crippen LogP contribution in [0.5, 0.6) is 0 Å². The lowest BCUT2D eigenvalue weighted by Gasteiger charge is -2.16. The van der Waals surface area contributed by atoms with Crippen LogP contribution in [0.15, 0.2) is 21.7 Å². The van der Waals surface area contributed by atoms with Gasteiger partial charge in [0, 0.05) is 20.0 Å². The maximum Gasteiger partial charge on any atom is 0.223 e. The van der Waals surface area contributed by atoms with E-state index in [9.17, 15) is 13.2 Å². The number of carbonyl (C=O) groups excluding carboxylic acids is 1. The van der Waals surface area contributed by atoms with E-state index in [1.807, 2.05) is 0 Å². The van der Waals surface area contributed by atoms with Gasteiger partial charge in [0.05, 0.1) is 5.75 Å². The Hall–Kier alpha value is -0.920. The van der Waals surface area contributed by atoms with Crippen LogP contribution in [-0.4, -0.2) is 45.1 Å². The summed E-state index contributed by atoms with van der Waals surface area (Å²) >= 11 is 1.17. The zero-order valence-electron chi connectivity index (χ0n) is 10.3. The Morgan fingerprint density at radius 1 is 1.50 bits per heavy atom. The summed E-state index contributed by atoms with van der Waals surface area (Å²) in [6, 6.07) is 3.25. The number of hydrogen-bond acceptors (Lipinski definition) is 5. The molecule has 1 aromatic rings. The van der Waals surface area contributed by atoms with Crippen molar-refractivity contribution in [3.63, 3.8) is 0 Å². The molecule has 0 unspecified atom stereocenters. The summed E-state index contributed by atoms with van der Waals surface area (Å²) < 4.78 is 24.0. The summed E-state index contributed by atoms with van der Waals surface area (Å²) in [6.45, 7) is 1.08. The number of nitrogens with two attached hydrogens (primary N) is 1. The molecule has 0 aliphatic carbocycles. The van der Waals surface area contributed by atoms with Crippen molar-refractivity contribution in [3.8, 4) is 0 Å². The third-order valence-electron chi connectivity index (χ3n) is 2.51. The molecule has 0 aliphatic heterocycles. The van der Waals surface area contributed by atoms with Gasteiger partial charge in [0.1, 0.15) is 4.21 Å². The molecule has 5 nitrogen and oxygen atoms in total. The van der Waals surface area contributed by atoms with Crippen molar-refractivity contribution in [2.45, 2.75) is 17.1 Å². The lowest BCUT2D eigenvalue weighted by molar-refractivity contribution is -0.129. The van der Waals surface area contributed by atoms with E-state index >= 15 is 0 Å². The third-order valence-corrected chi connectivity index (χ3v) is 5.71. The molecule has 0 aromatic carbocycles. The van der Waals surface area contributed by atoms with Crippen LogP contribution in [0.1, 0.15) is 12.8 Å². The zero-order valence-corrected chi connectivity index (χ0v) is 12.0.